The van der Waals surface area contributed by atoms with Crippen LogP contribution in [-0.2, 0) is 0 Å². The van der Waals surface area contributed by atoms with Gasteiger partial charge < -0.3 is 0 Å². The largest absolute Gasteiger partial charge is 0.115 e. The van der Waals surface area contributed by atoms with Gasteiger partial charge >= 0.3 is 0 Å². The topological polar surface area (TPSA) is 0 Å². The van der Waals surface area contributed by atoms with E-state index in [9.17, 15) is 0 Å². The molecule has 0 radical (unpaired) electrons. The summed E-state index contributed by atoms with van der Waals surface area (Å²) in [5.74, 6) is 0. The first kappa shape index (κ1) is 26.9. The molecule has 0 aliphatic rings. The van der Waals surface area contributed by atoms with E-state index < -0.39 is 7.26 Å². The summed E-state index contributed by atoms with van der Waals surface area (Å²) in [5, 5.41) is 4.35. The van der Waals surface area contributed by atoms with Gasteiger partial charge in [-0.2, -0.15) is 0 Å². The quantitative estimate of drug-likeness (QED) is 0.179. The van der Waals surface area contributed by atoms with Crippen LogP contribution in [0.2, 0.25) is 0 Å². The van der Waals surface area contributed by atoms with Gasteiger partial charge in [-0.25, -0.2) is 0 Å². The van der Waals surface area contributed by atoms with Crippen molar-refractivity contribution >= 4 is 23.2 Å². The lowest BCUT2D eigenvalue weighted by atomic mass is 10.1. The molecule has 3 rings (SSSR count). The third-order valence-electron chi connectivity index (χ3n) is 6.93. The molecule has 0 spiro atoms. The maximum absolute atomic E-state index is 2.53. The van der Waals surface area contributed by atoms with Crippen molar-refractivity contribution in [3.63, 3.8) is 0 Å². The van der Waals surface area contributed by atoms with E-state index in [1.807, 2.05) is 0 Å². The average Bonchev–Trinajstić information content (AvgIpc) is 2.91. The lowest BCUT2D eigenvalue weighted by molar-refractivity contribution is 0.912. The van der Waals surface area contributed by atoms with E-state index in [-0.39, 0.29) is 0 Å². The normalized spacial score (nSPS) is 13.2. The highest BCUT2D eigenvalue weighted by Gasteiger charge is 2.44. The number of allylic oxidation sites excluding steroid dienone is 6. The summed E-state index contributed by atoms with van der Waals surface area (Å²) < 4.78 is 0. The van der Waals surface area contributed by atoms with Gasteiger partial charge in [-0.3, -0.25) is 0 Å². The van der Waals surface area contributed by atoms with Crippen LogP contribution in [0.3, 0.4) is 0 Å². The summed E-state index contributed by atoms with van der Waals surface area (Å²) >= 11 is 0. The lowest BCUT2D eigenvalue weighted by Gasteiger charge is -2.27. The molecule has 0 heterocycles. The van der Waals surface area contributed by atoms with Crippen molar-refractivity contribution in [3.05, 3.63) is 126 Å². The zero-order valence-electron chi connectivity index (χ0n) is 22.1. The van der Waals surface area contributed by atoms with E-state index in [0.717, 1.165) is 31.8 Å². The molecule has 0 aliphatic heterocycles. The molecular formula is C34H42P+. The molecular weight excluding hydrogens is 439 g/mol. The molecule has 0 fully saturated rings. The molecule has 0 aromatic heterocycles. The van der Waals surface area contributed by atoms with E-state index >= 15 is 0 Å². The van der Waals surface area contributed by atoms with Gasteiger partial charge in [-0.1, -0.05) is 90.4 Å². The standard InChI is InChI=1S/C34H42P/c1-5-29(2)17-15-18-30(3)19-16-20-31(4)27-28-35(32-21-9-6-10-22-32,33-23-11-7-12-24-33)34-25-13-8-14-26-34/h6-14,17,19,21-27H,5,15-16,18,20,28H2,1-4H3/q+1. The number of benzene rings is 3. The van der Waals surface area contributed by atoms with E-state index in [1.54, 1.807) is 0 Å². The van der Waals surface area contributed by atoms with Gasteiger partial charge in [0.25, 0.3) is 0 Å². The van der Waals surface area contributed by atoms with Gasteiger partial charge in [0, 0.05) is 0 Å². The molecule has 0 atom stereocenters. The van der Waals surface area contributed by atoms with Gasteiger partial charge in [-0.05, 0) is 95.3 Å². The molecule has 0 aliphatic carbocycles. The smallest absolute Gasteiger partial charge is 0.0853 e. The molecule has 35 heavy (non-hydrogen) atoms. The van der Waals surface area contributed by atoms with Crippen LogP contribution in [0.25, 0.3) is 0 Å². The summed E-state index contributed by atoms with van der Waals surface area (Å²) in [5.41, 5.74) is 4.50. The predicted molar refractivity (Wildman–Crippen MR) is 160 cm³/mol. The Labute approximate surface area is 214 Å². The van der Waals surface area contributed by atoms with Crippen molar-refractivity contribution in [1.82, 2.24) is 0 Å². The van der Waals surface area contributed by atoms with Gasteiger partial charge in [0.2, 0.25) is 0 Å². The highest BCUT2D eigenvalue weighted by molar-refractivity contribution is 7.95. The van der Waals surface area contributed by atoms with Crippen molar-refractivity contribution in [1.29, 1.82) is 0 Å². The zero-order valence-corrected chi connectivity index (χ0v) is 23.0. The molecule has 0 nitrogen and oxygen atoms in total. The maximum Gasteiger partial charge on any atom is 0.115 e. The van der Waals surface area contributed by atoms with Crippen molar-refractivity contribution in [2.24, 2.45) is 0 Å². The molecule has 0 saturated carbocycles. The van der Waals surface area contributed by atoms with Gasteiger partial charge in [0.1, 0.15) is 23.2 Å². The molecule has 0 bridgehead atoms. The van der Waals surface area contributed by atoms with Crippen LogP contribution in [0.4, 0.5) is 0 Å². The van der Waals surface area contributed by atoms with Crippen molar-refractivity contribution < 1.29 is 0 Å². The Hall–Kier alpha value is -2.69. The fourth-order valence-corrected chi connectivity index (χ4v) is 8.70. The molecule has 0 N–H and O–H groups in total. The van der Waals surface area contributed by atoms with Crippen LogP contribution >= 0.6 is 7.26 Å². The minimum atomic E-state index is -1.78. The Kier molecular flexibility index (Phi) is 10.8. The summed E-state index contributed by atoms with van der Waals surface area (Å²) in [6, 6.07) is 33.5. The first-order chi connectivity index (χ1) is 17.1. The van der Waals surface area contributed by atoms with E-state index in [2.05, 4.69) is 137 Å². The number of hydrogen-bond donors (Lipinski definition) is 0. The second-order valence-corrected chi connectivity index (χ2v) is 13.1. The van der Waals surface area contributed by atoms with Gasteiger partial charge in [0.15, 0.2) is 0 Å². The Morgan fingerprint density at radius 3 is 1.31 bits per heavy atom. The van der Waals surface area contributed by atoms with Crippen LogP contribution in [-0.4, -0.2) is 6.16 Å². The second-order valence-electron chi connectivity index (χ2n) is 9.58. The lowest BCUT2D eigenvalue weighted by Crippen LogP contribution is -2.33. The zero-order chi connectivity index (χ0) is 24.9. The SMILES string of the molecule is CCC(C)=CCCC(C)=CCCC(C)=CC[P+](c1ccccc1)(c1ccccc1)c1ccccc1. The molecule has 3 aromatic carbocycles. The Balaban J connectivity index is 1.83. The molecule has 0 saturated heterocycles. The summed E-state index contributed by atoms with van der Waals surface area (Å²) in [6.07, 6.45) is 14.2. The molecule has 1 heteroatoms. The summed E-state index contributed by atoms with van der Waals surface area (Å²) in [4.78, 5) is 0. The fraction of sp³-hybridized carbons (Fsp3) is 0.294. The van der Waals surface area contributed by atoms with Crippen molar-refractivity contribution in [2.45, 2.75) is 59.8 Å². The first-order valence-corrected chi connectivity index (χ1v) is 15.1. The third kappa shape index (κ3) is 7.65. The Morgan fingerprint density at radius 1 is 0.543 bits per heavy atom. The highest BCUT2D eigenvalue weighted by atomic mass is 31.2. The van der Waals surface area contributed by atoms with E-state index in [4.69, 9.17) is 0 Å². The minimum Gasteiger partial charge on any atom is -0.0853 e. The van der Waals surface area contributed by atoms with Crippen molar-refractivity contribution in [2.75, 3.05) is 6.16 Å². The van der Waals surface area contributed by atoms with E-state index in [1.165, 1.54) is 39.1 Å². The third-order valence-corrected chi connectivity index (χ3v) is 11.2. The van der Waals surface area contributed by atoms with Gasteiger partial charge in [-0.15, -0.1) is 0 Å². The maximum atomic E-state index is 2.53. The predicted octanol–water partition coefficient (Wildman–Crippen LogP) is 8.79. The van der Waals surface area contributed by atoms with Crippen molar-refractivity contribution in [3.8, 4) is 0 Å². The Bertz CT molecular complexity index is 1010. The highest BCUT2D eigenvalue weighted by Crippen LogP contribution is 2.55. The Morgan fingerprint density at radius 2 is 0.914 bits per heavy atom. The number of rotatable bonds is 12. The molecule has 0 unspecified atom stereocenters. The molecule has 182 valence electrons. The van der Waals surface area contributed by atoms with Gasteiger partial charge in [0.05, 0.1) is 6.16 Å². The minimum absolute atomic E-state index is 1.06. The first-order valence-electron chi connectivity index (χ1n) is 13.1. The summed E-state index contributed by atoms with van der Waals surface area (Å²) in [6.45, 7) is 9.06. The van der Waals surface area contributed by atoms with Crippen LogP contribution in [0.5, 0.6) is 0 Å². The van der Waals surface area contributed by atoms with Crippen LogP contribution in [0.15, 0.2) is 126 Å². The second kappa shape index (κ2) is 14.0. The number of hydrogen-bond acceptors (Lipinski definition) is 0. The van der Waals surface area contributed by atoms with Crippen LogP contribution in [0, 0.1) is 0 Å². The van der Waals surface area contributed by atoms with Crippen LogP contribution in [0.1, 0.15) is 59.8 Å². The van der Waals surface area contributed by atoms with E-state index in [0.29, 0.717) is 0 Å². The fourth-order valence-electron chi connectivity index (χ4n) is 4.54. The average molecular weight is 482 g/mol. The molecule has 0 amide bonds. The molecule has 3 aromatic rings. The monoisotopic (exact) mass is 481 g/mol. The summed E-state index contributed by atoms with van der Waals surface area (Å²) in [7, 11) is -1.78. The van der Waals surface area contributed by atoms with Crippen LogP contribution < -0.4 is 15.9 Å².